The van der Waals surface area contributed by atoms with Gasteiger partial charge >= 0.3 is 5.97 Å². The lowest BCUT2D eigenvalue weighted by atomic mass is 10.1. The van der Waals surface area contributed by atoms with Gasteiger partial charge in [-0.2, -0.15) is 0 Å². The number of halogens is 1. The van der Waals surface area contributed by atoms with Crippen molar-refractivity contribution in [1.29, 1.82) is 0 Å². The molecule has 1 aromatic carbocycles. The van der Waals surface area contributed by atoms with Crippen LogP contribution in [0.1, 0.15) is 19.4 Å². The minimum absolute atomic E-state index is 0.0381. The molecule has 2 amide bonds. The molecule has 7 nitrogen and oxygen atoms in total. The van der Waals surface area contributed by atoms with E-state index in [1.54, 1.807) is 24.3 Å². The molecule has 25 heavy (non-hydrogen) atoms. The molecule has 2 rings (SSSR count). The average molecular weight is 367 g/mol. The van der Waals surface area contributed by atoms with Gasteiger partial charge in [0.1, 0.15) is 18.4 Å². The standard InChI is InChI=1S/C17H19ClN2O5/c1-10(17(23)24)20(6-5-19-11(2)21)16(22)13-7-12-8-14(18)3-4-15(12)25-9-13/h3-4,7-8,10H,5-6,9H2,1-2H3,(H,19,21)(H,23,24). The fourth-order valence-corrected chi connectivity index (χ4v) is 2.59. The van der Waals surface area contributed by atoms with Gasteiger partial charge in [-0.25, -0.2) is 4.79 Å². The van der Waals surface area contributed by atoms with Crippen molar-refractivity contribution in [2.24, 2.45) is 0 Å². The number of fused-ring (bicyclic) bond motifs is 1. The van der Waals surface area contributed by atoms with Gasteiger partial charge in [0.05, 0.1) is 5.57 Å². The topological polar surface area (TPSA) is 95.9 Å². The van der Waals surface area contributed by atoms with E-state index in [1.165, 1.54) is 18.7 Å². The molecule has 134 valence electrons. The van der Waals surface area contributed by atoms with Gasteiger partial charge in [-0.05, 0) is 31.2 Å². The molecule has 1 atom stereocenters. The zero-order chi connectivity index (χ0) is 18.6. The number of aliphatic carboxylic acids is 1. The minimum Gasteiger partial charge on any atom is -0.488 e. The van der Waals surface area contributed by atoms with E-state index in [4.69, 9.17) is 16.3 Å². The minimum atomic E-state index is -1.13. The average Bonchev–Trinajstić information content (AvgIpc) is 2.56. The van der Waals surface area contributed by atoms with Crippen LogP contribution in [-0.2, 0) is 14.4 Å². The number of hydrogen-bond donors (Lipinski definition) is 2. The Morgan fingerprint density at radius 2 is 2.12 bits per heavy atom. The van der Waals surface area contributed by atoms with Gasteiger partial charge in [0.25, 0.3) is 5.91 Å². The van der Waals surface area contributed by atoms with Crippen molar-refractivity contribution in [3.8, 4) is 5.75 Å². The van der Waals surface area contributed by atoms with Crippen LogP contribution in [0.3, 0.4) is 0 Å². The number of carboxylic acid groups (broad SMARTS) is 1. The largest absolute Gasteiger partial charge is 0.488 e. The Labute approximate surface area is 150 Å². The van der Waals surface area contributed by atoms with E-state index in [-0.39, 0.29) is 25.6 Å². The fourth-order valence-electron chi connectivity index (χ4n) is 2.41. The van der Waals surface area contributed by atoms with Crippen LogP contribution in [0.15, 0.2) is 23.8 Å². The van der Waals surface area contributed by atoms with Crippen LogP contribution in [0.2, 0.25) is 5.02 Å². The maximum absolute atomic E-state index is 12.8. The summed E-state index contributed by atoms with van der Waals surface area (Å²) in [7, 11) is 0. The van der Waals surface area contributed by atoms with Gasteiger partial charge in [0.15, 0.2) is 0 Å². The first-order valence-electron chi connectivity index (χ1n) is 7.70. The summed E-state index contributed by atoms with van der Waals surface area (Å²) in [5, 5.41) is 12.3. The monoisotopic (exact) mass is 366 g/mol. The highest BCUT2D eigenvalue weighted by Gasteiger charge is 2.29. The molecule has 1 heterocycles. The third-order valence-corrected chi connectivity index (χ3v) is 4.01. The molecule has 0 fully saturated rings. The van der Waals surface area contributed by atoms with Crippen molar-refractivity contribution in [3.63, 3.8) is 0 Å². The Hall–Kier alpha value is -2.54. The predicted molar refractivity (Wildman–Crippen MR) is 92.4 cm³/mol. The summed E-state index contributed by atoms with van der Waals surface area (Å²) >= 11 is 5.96. The summed E-state index contributed by atoms with van der Waals surface area (Å²) in [4.78, 5) is 36.3. The number of nitrogens with zero attached hydrogens (tertiary/aromatic N) is 1. The fraction of sp³-hybridized carbons (Fsp3) is 0.353. The van der Waals surface area contributed by atoms with E-state index >= 15 is 0 Å². The van der Waals surface area contributed by atoms with Gasteiger partial charge in [-0.1, -0.05) is 11.6 Å². The molecule has 8 heteroatoms. The molecule has 0 radical (unpaired) electrons. The number of rotatable bonds is 6. The Kier molecular flexibility index (Phi) is 6.03. The van der Waals surface area contributed by atoms with Gasteiger partial charge < -0.3 is 20.1 Å². The van der Waals surface area contributed by atoms with E-state index in [0.29, 0.717) is 21.9 Å². The highest BCUT2D eigenvalue weighted by molar-refractivity contribution is 6.30. The van der Waals surface area contributed by atoms with Crippen LogP contribution >= 0.6 is 11.6 Å². The first-order chi connectivity index (χ1) is 11.8. The molecule has 0 aromatic heterocycles. The molecular weight excluding hydrogens is 348 g/mol. The molecule has 0 saturated carbocycles. The highest BCUT2D eigenvalue weighted by Crippen LogP contribution is 2.29. The van der Waals surface area contributed by atoms with E-state index in [1.807, 2.05) is 0 Å². The summed E-state index contributed by atoms with van der Waals surface area (Å²) in [6.45, 7) is 3.05. The lowest BCUT2D eigenvalue weighted by Gasteiger charge is -2.29. The van der Waals surface area contributed by atoms with E-state index in [2.05, 4.69) is 5.32 Å². The lowest BCUT2D eigenvalue weighted by molar-refractivity contribution is -0.148. The van der Waals surface area contributed by atoms with Crippen molar-refractivity contribution in [2.45, 2.75) is 19.9 Å². The van der Waals surface area contributed by atoms with Crippen molar-refractivity contribution >= 4 is 35.5 Å². The molecule has 1 aliphatic rings. The highest BCUT2D eigenvalue weighted by atomic mass is 35.5. The third kappa shape index (κ3) is 4.73. The molecule has 1 aromatic rings. The number of carbonyl (C=O) groups excluding carboxylic acids is 2. The van der Waals surface area contributed by atoms with E-state index in [9.17, 15) is 19.5 Å². The summed E-state index contributed by atoms with van der Waals surface area (Å²) in [6.07, 6.45) is 1.65. The molecular formula is C17H19ClN2O5. The van der Waals surface area contributed by atoms with Crippen LogP contribution in [0.4, 0.5) is 0 Å². The number of ether oxygens (including phenoxy) is 1. The Bertz CT molecular complexity index is 732. The van der Waals surface area contributed by atoms with Crippen molar-refractivity contribution < 1.29 is 24.2 Å². The number of carbonyl (C=O) groups is 3. The summed E-state index contributed by atoms with van der Waals surface area (Å²) in [5.74, 6) is -1.22. The maximum atomic E-state index is 12.8. The number of amides is 2. The van der Waals surface area contributed by atoms with Gasteiger partial charge in [-0.15, -0.1) is 0 Å². The quantitative estimate of drug-likeness (QED) is 0.796. The number of benzene rings is 1. The SMILES string of the molecule is CC(=O)NCCN(C(=O)C1=Cc2cc(Cl)ccc2OC1)C(C)C(=O)O. The Morgan fingerprint density at radius 3 is 2.76 bits per heavy atom. The molecule has 1 aliphatic heterocycles. The first-order valence-corrected chi connectivity index (χ1v) is 8.08. The smallest absolute Gasteiger partial charge is 0.326 e. The summed E-state index contributed by atoms with van der Waals surface area (Å²) < 4.78 is 5.55. The molecule has 0 aliphatic carbocycles. The van der Waals surface area contributed by atoms with Crippen LogP contribution < -0.4 is 10.1 Å². The lowest BCUT2D eigenvalue weighted by Crippen LogP contribution is -2.47. The molecule has 0 saturated heterocycles. The van der Waals surface area contributed by atoms with Gasteiger partial charge in [0, 0.05) is 30.6 Å². The second-order valence-corrected chi connectivity index (χ2v) is 6.07. The third-order valence-electron chi connectivity index (χ3n) is 3.77. The second-order valence-electron chi connectivity index (χ2n) is 5.64. The van der Waals surface area contributed by atoms with Crippen LogP contribution in [0.25, 0.3) is 6.08 Å². The van der Waals surface area contributed by atoms with Crippen molar-refractivity contribution in [2.75, 3.05) is 19.7 Å². The number of carboxylic acids is 1. The van der Waals surface area contributed by atoms with E-state index < -0.39 is 17.9 Å². The molecule has 2 N–H and O–H groups in total. The van der Waals surface area contributed by atoms with Crippen molar-refractivity contribution in [1.82, 2.24) is 10.2 Å². The Balaban J connectivity index is 2.23. The van der Waals surface area contributed by atoms with Crippen LogP contribution in [-0.4, -0.2) is 53.5 Å². The summed E-state index contributed by atoms with van der Waals surface area (Å²) in [6, 6.07) is 4.03. The zero-order valence-electron chi connectivity index (χ0n) is 13.9. The molecule has 1 unspecified atom stereocenters. The first kappa shape index (κ1) is 18.8. The molecule has 0 bridgehead atoms. The number of nitrogens with one attached hydrogen (secondary N) is 1. The molecule has 0 spiro atoms. The van der Waals surface area contributed by atoms with Gasteiger partial charge in [0.2, 0.25) is 5.91 Å². The van der Waals surface area contributed by atoms with Gasteiger partial charge in [-0.3, -0.25) is 9.59 Å². The zero-order valence-corrected chi connectivity index (χ0v) is 14.7. The Morgan fingerprint density at radius 1 is 1.40 bits per heavy atom. The summed E-state index contributed by atoms with van der Waals surface area (Å²) in [5.41, 5.74) is 0.984. The predicted octanol–water partition coefficient (Wildman–Crippen LogP) is 1.55. The van der Waals surface area contributed by atoms with Crippen molar-refractivity contribution in [3.05, 3.63) is 34.4 Å². The maximum Gasteiger partial charge on any atom is 0.326 e. The van der Waals surface area contributed by atoms with E-state index in [0.717, 1.165) is 0 Å². The van der Waals surface area contributed by atoms with Crippen LogP contribution in [0, 0.1) is 0 Å². The normalized spacial score (nSPS) is 13.8. The number of hydrogen-bond acceptors (Lipinski definition) is 4. The second kappa shape index (κ2) is 8.02. The van der Waals surface area contributed by atoms with Crippen LogP contribution in [0.5, 0.6) is 5.75 Å².